The van der Waals surface area contributed by atoms with Crippen molar-refractivity contribution in [3.05, 3.63) is 0 Å². The second-order valence-corrected chi connectivity index (χ2v) is 5.30. The van der Waals surface area contributed by atoms with E-state index in [1.165, 1.54) is 0 Å². The summed E-state index contributed by atoms with van der Waals surface area (Å²) < 4.78 is 28.8. The van der Waals surface area contributed by atoms with Crippen LogP contribution in [0.4, 0.5) is 0 Å². The highest BCUT2D eigenvalue weighted by atomic mass is 32.2. The molecule has 1 N–H and O–H groups in total. The highest BCUT2D eigenvalue weighted by Crippen LogP contribution is 2.05. The number of amides is 1. The summed E-state index contributed by atoms with van der Waals surface area (Å²) in [5, 5.41) is 2.55. The zero-order chi connectivity index (χ0) is 12.2. The number of rotatable bonds is 3. The van der Waals surface area contributed by atoms with Crippen LogP contribution in [-0.2, 0) is 24.3 Å². The van der Waals surface area contributed by atoms with Crippen LogP contribution < -0.4 is 5.32 Å². The van der Waals surface area contributed by atoms with Gasteiger partial charge in [-0.1, -0.05) is 0 Å². The van der Waals surface area contributed by atoms with Gasteiger partial charge >= 0.3 is 5.97 Å². The number of ether oxygens (including phenoxy) is 1. The van der Waals surface area contributed by atoms with Crippen LogP contribution in [0.2, 0.25) is 0 Å². The van der Waals surface area contributed by atoms with E-state index in [1.807, 2.05) is 0 Å². The molecular weight excluding hydrogens is 236 g/mol. The molecule has 8 heteroatoms. The molecular formula is C8H14N2O5S. The van der Waals surface area contributed by atoms with Crippen LogP contribution in [0.1, 0.15) is 6.42 Å². The van der Waals surface area contributed by atoms with Gasteiger partial charge in [0.2, 0.25) is 15.9 Å². The lowest BCUT2D eigenvalue weighted by atomic mass is 10.4. The Morgan fingerprint density at radius 3 is 2.81 bits per heavy atom. The Morgan fingerprint density at radius 1 is 1.50 bits per heavy atom. The zero-order valence-electron chi connectivity index (χ0n) is 8.93. The van der Waals surface area contributed by atoms with Gasteiger partial charge in [-0.15, -0.1) is 0 Å². The number of carbonyl (C=O) groups excluding carboxylic acids is 2. The molecule has 1 aliphatic heterocycles. The summed E-state index contributed by atoms with van der Waals surface area (Å²) in [5.41, 5.74) is 0. The fraction of sp³-hybridized carbons (Fsp3) is 0.750. The Labute approximate surface area is 93.8 Å². The van der Waals surface area contributed by atoms with E-state index < -0.39 is 21.7 Å². The first-order valence-corrected chi connectivity index (χ1v) is 6.38. The number of esters is 1. The number of methoxy groups -OCH3 is 1. The molecule has 0 unspecified atom stereocenters. The van der Waals surface area contributed by atoms with Gasteiger partial charge in [0.15, 0.2) is 5.75 Å². The highest BCUT2D eigenvalue weighted by molar-refractivity contribution is 7.89. The van der Waals surface area contributed by atoms with Gasteiger partial charge in [0, 0.05) is 26.1 Å². The van der Waals surface area contributed by atoms with E-state index in [2.05, 4.69) is 10.1 Å². The monoisotopic (exact) mass is 250 g/mol. The van der Waals surface area contributed by atoms with Crippen molar-refractivity contribution in [1.82, 2.24) is 9.62 Å². The van der Waals surface area contributed by atoms with Crippen molar-refractivity contribution in [2.24, 2.45) is 0 Å². The molecule has 0 radical (unpaired) electrons. The summed E-state index contributed by atoms with van der Waals surface area (Å²) in [6.07, 6.45) is 0.112. The van der Waals surface area contributed by atoms with Gasteiger partial charge < -0.3 is 10.1 Å². The number of sulfonamides is 1. The van der Waals surface area contributed by atoms with Crippen molar-refractivity contribution in [2.75, 3.05) is 32.5 Å². The van der Waals surface area contributed by atoms with Crippen molar-refractivity contribution >= 4 is 21.9 Å². The Bertz CT molecular complexity index is 378. The van der Waals surface area contributed by atoms with Crippen molar-refractivity contribution in [2.45, 2.75) is 6.42 Å². The van der Waals surface area contributed by atoms with E-state index in [-0.39, 0.29) is 32.0 Å². The SMILES string of the molecule is COC(=O)CS(=O)(=O)N1CCNC(=O)CC1. The van der Waals surface area contributed by atoms with Crippen molar-refractivity contribution < 1.29 is 22.7 Å². The first-order chi connectivity index (χ1) is 7.45. The van der Waals surface area contributed by atoms with E-state index in [9.17, 15) is 18.0 Å². The van der Waals surface area contributed by atoms with Gasteiger partial charge in [0.25, 0.3) is 0 Å². The smallest absolute Gasteiger partial charge is 0.322 e. The second-order valence-electron chi connectivity index (χ2n) is 3.33. The van der Waals surface area contributed by atoms with Crippen LogP contribution >= 0.6 is 0 Å². The molecule has 0 aliphatic carbocycles. The topological polar surface area (TPSA) is 92.8 Å². The molecule has 92 valence electrons. The normalized spacial score (nSPS) is 18.7. The van der Waals surface area contributed by atoms with E-state index in [0.717, 1.165) is 11.4 Å². The molecule has 0 aromatic rings. The van der Waals surface area contributed by atoms with Gasteiger partial charge in [0.1, 0.15) is 0 Å². The molecule has 0 saturated carbocycles. The molecule has 1 heterocycles. The predicted molar refractivity (Wildman–Crippen MR) is 55.0 cm³/mol. The third kappa shape index (κ3) is 3.46. The first kappa shape index (κ1) is 12.9. The summed E-state index contributed by atoms with van der Waals surface area (Å²) in [6.45, 7) is 0.551. The van der Waals surface area contributed by atoms with Crippen LogP contribution in [0.15, 0.2) is 0 Å². The predicted octanol–water partition coefficient (Wildman–Crippen LogP) is -1.69. The van der Waals surface area contributed by atoms with Crippen LogP contribution in [-0.4, -0.2) is 57.1 Å². The molecule has 0 spiro atoms. The minimum absolute atomic E-state index is 0.102. The molecule has 1 fully saturated rings. The van der Waals surface area contributed by atoms with Gasteiger partial charge in [-0.3, -0.25) is 9.59 Å². The number of hydrogen-bond donors (Lipinski definition) is 1. The fourth-order valence-electron chi connectivity index (χ4n) is 1.32. The lowest BCUT2D eigenvalue weighted by Gasteiger charge is -2.18. The number of carbonyl (C=O) groups is 2. The first-order valence-electron chi connectivity index (χ1n) is 4.77. The minimum Gasteiger partial charge on any atom is -0.468 e. The third-order valence-corrected chi connectivity index (χ3v) is 3.95. The maximum Gasteiger partial charge on any atom is 0.322 e. The van der Waals surface area contributed by atoms with Gasteiger partial charge in [-0.2, -0.15) is 4.31 Å². The van der Waals surface area contributed by atoms with Crippen LogP contribution in [0.3, 0.4) is 0 Å². The Morgan fingerprint density at radius 2 is 2.19 bits per heavy atom. The van der Waals surface area contributed by atoms with Crippen molar-refractivity contribution in [1.29, 1.82) is 0 Å². The molecule has 0 bridgehead atoms. The summed E-state index contributed by atoms with van der Waals surface area (Å²) in [4.78, 5) is 21.9. The Kier molecular flexibility index (Phi) is 4.25. The zero-order valence-corrected chi connectivity index (χ0v) is 9.75. The largest absolute Gasteiger partial charge is 0.468 e. The molecule has 1 aliphatic rings. The summed E-state index contributed by atoms with van der Waals surface area (Å²) in [7, 11) is -2.54. The Hall–Kier alpha value is -1.15. The van der Waals surface area contributed by atoms with Crippen molar-refractivity contribution in [3.63, 3.8) is 0 Å². The van der Waals surface area contributed by atoms with E-state index in [1.54, 1.807) is 0 Å². The average molecular weight is 250 g/mol. The summed E-state index contributed by atoms with van der Waals surface area (Å²) in [6, 6.07) is 0. The lowest BCUT2D eigenvalue weighted by Crippen LogP contribution is -2.38. The molecule has 1 saturated heterocycles. The van der Waals surface area contributed by atoms with Crippen LogP contribution in [0, 0.1) is 0 Å². The summed E-state index contributed by atoms with van der Waals surface area (Å²) in [5.74, 6) is -1.67. The second kappa shape index (κ2) is 5.26. The molecule has 16 heavy (non-hydrogen) atoms. The molecule has 1 amide bonds. The van der Waals surface area contributed by atoms with Gasteiger partial charge in [0.05, 0.1) is 7.11 Å². The molecule has 0 aromatic carbocycles. The number of nitrogens with one attached hydrogen (secondary N) is 1. The quantitative estimate of drug-likeness (QED) is 0.603. The maximum atomic E-state index is 11.7. The average Bonchev–Trinajstić information content (AvgIpc) is 2.42. The number of nitrogens with zero attached hydrogens (tertiary/aromatic N) is 1. The standard InChI is InChI=1S/C8H14N2O5S/c1-15-8(12)6-16(13,14)10-4-2-7(11)9-3-5-10/h2-6H2,1H3,(H,9,11). The van der Waals surface area contributed by atoms with Crippen molar-refractivity contribution in [3.8, 4) is 0 Å². The van der Waals surface area contributed by atoms with E-state index in [0.29, 0.717) is 0 Å². The third-order valence-electron chi connectivity index (χ3n) is 2.19. The maximum absolute atomic E-state index is 11.7. The lowest BCUT2D eigenvalue weighted by molar-refractivity contribution is -0.137. The van der Waals surface area contributed by atoms with E-state index in [4.69, 9.17) is 0 Å². The van der Waals surface area contributed by atoms with E-state index >= 15 is 0 Å². The Balaban J connectivity index is 2.67. The molecule has 0 aromatic heterocycles. The van der Waals surface area contributed by atoms with Crippen LogP contribution in [0.25, 0.3) is 0 Å². The fourth-order valence-corrected chi connectivity index (χ4v) is 2.66. The summed E-state index contributed by atoms with van der Waals surface area (Å²) >= 11 is 0. The van der Waals surface area contributed by atoms with Gasteiger partial charge in [-0.05, 0) is 0 Å². The van der Waals surface area contributed by atoms with Gasteiger partial charge in [-0.25, -0.2) is 8.42 Å². The molecule has 1 rings (SSSR count). The minimum atomic E-state index is -3.67. The highest BCUT2D eigenvalue weighted by Gasteiger charge is 2.27. The molecule has 0 atom stereocenters. The van der Waals surface area contributed by atoms with Crippen LogP contribution in [0.5, 0.6) is 0 Å². The molecule has 7 nitrogen and oxygen atoms in total. The number of hydrogen-bond acceptors (Lipinski definition) is 5.